The summed E-state index contributed by atoms with van der Waals surface area (Å²) in [7, 11) is 1.98. The molecule has 0 aliphatic heterocycles. The largest absolute Gasteiger partial charge is 0.399 e. The highest BCUT2D eigenvalue weighted by atomic mass is 16.1. The zero-order valence-electron chi connectivity index (χ0n) is 14.9. The molecule has 3 N–H and O–H groups in total. The lowest BCUT2D eigenvalue weighted by atomic mass is 10.1. The third-order valence-electron chi connectivity index (χ3n) is 4.22. The summed E-state index contributed by atoms with van der Waals surface area (Å²) in [6.07, 6.45) is 12.5. The molecule has 0 saturated heterocycles. The molecule has 0 atom stereocenters. The summed E-state index contributed by atoms with van der Waals surface area (Å²) >= 11 is 0. The van der Waals surface area contributed by atoms with Crippen LogP contribution in [0.3, 0.4) is 0 Å². The Kier molecular flexibility index (Phi) is 4.29. The van der Waals surface area contributed by atoms with Gasteiger partial charge >= 0.3 is 0 Å². The maximum Gasteiger partial charge on any atom is 0.243 e. The van der Waals surface area contributed by atoms with Crippen molar-refractivity contribution in [1.29, 1.82) is 0 Å². The molecule has 8 heteroatoms. The lowest BCUT2D eigenvalue weighted by molar-refractivity contribution is -0.671. The minimum absolute atomic E-state index is 0.212. The van der Waals surface area contributed by atoms with Crippen LogP contribution in [-0.4, -0.2) is 32.2 Å². The Morgan fingerprint density at radius 3 is 2.96 bits per heavy atom. The number of imidazole rings is 1. The number of nitrogens with one attached hydrogen (secondary N) is 1. The van der Waals surface area contributed by atoms with Gasteiger partial charge in [-0.15, -0.1) is 5.10 Å². The van der Waals surface area contributed by atoms with E-state index in [0.717, 1.165) is 12.1 Å². The molecule has 4 rings (SSSR count). The van der Waals surface area contributed by atoms with Crippen LogP contribution in [0, 0.1) is 0 Å². The number of fused-ring (bicyclic) bond motifs is 1. The normalized spacial score (nSPS) is 15.5. The van der Waals surface area contributed by atoms with E-state index in [1.54, 1.807) is 16.7 Å². The molecule has 136 valence electrons. The maximum absolute atomic E-state index is 12.2. The van der Waals surface area contributed by atoms with Crippen molar-refractivity contribution >= 4 is 28.5 Å². The number of ketones is 1. The molecule has 0 fully saturated rings. The zero-order valence-corrected chi connectivity index (χ0v) is 14.9. The van der Waals surface area contributed by atoms with Gasteiger partial charge in [0, 0.05) is 18.0 Å². The second kappa shape index (κ2) is 6.91. The van der Waals surface area contributed by atoms with Crippen LogP contribution in [0.1, 0.15) is 0 Å². The maximum atomic E-state index is 12.2. The van der Waals surface area contributed by atoms with E-state index in [-0.39, 0.29) is 5.78 Å². The third-order valence-corrected chi connectivity index (χ3v) is 4.22. The van der Waals surface area contributed by atoms with E-state index in [1.165, 1.54) is 6.08 Å². The second-order valence-corrected chi connectivity index (χ2v) is 6.31. The number of carbonyl (C=O) groups is 1. The number of carbonyl (C=O) groups excluding carboxylic acids is 1. The van der Waals surface area contributed by atoms with Gasteiger partial charge in [0.15, 0.2) is 5.82 Å². The van der Waals surface area contributed by atoms with E-state index in [0.29, 0.717) is 29.5 Å². The summed E-state index contributed by atoms with van der Waals surface area (Å²) in [6.45, 7) is 1.45. The molecular formula is C19H20N7O+. The Morgan fingerprint density at radius 1 is 1.30 bits per heavy atom. The van der Waals surface area contributed by atoms with Gasteiger partial charge in [-0.1, -0.05) is 6.07 Å². The molecule has 1 aliphatic carbocycles. The molecule has 0 spiro atoms. The first-order chi connectivity index (χ1) is 13.1. The van der Waals surface area contributed by atoms with E-state index in [9.17, 15) is 4.79 Å². The lowest BCUT2D eigenvalue weighted by Gasteiger charge is -2.05. The molecule has 8 nitrogen and oxygen atoms in total. The molecule has 1 aliphatic rings. The van der Waals surface area contributed by atoms with Crippen LogP contribution in [0.15, 0.2) is 72.0 Å². The number of nitrogens with zero attached hydrogens (tertiary/aromatic N) is 5. The quantitative estimate of drug-likeness (QED) is 0.525. The molecule has 0 bridgehead atoms. The van der Waals surface area contributed by atoms with Crippen molar-refractivity contribution in [2.45, 2.75) is 6.54 Å². The predicted octanol–water partition coefficient (Wildman–Crippen LogP) is 1.13. The molecule has 0 saturated carbocycles. The molecule has 3 heterocycles. The fourth-order valence-corrected chi connectivity index (χ4v) is 2.90. The molecule has 3 aromatic heterocycles. The standard InChI is InChI=1S/C19H19N7O/c1-24-10-11-25(13-24)9-7-21-19-18(16-4-2-3-8-26(16)23-19)22-15-6-5-14(20)12-17(15)27/h2-6,8,10-13H,7,9H2,1H3,(H2-,20,21,23,27)/p+1. The summed E-state index contributed by atoms with van der Waals surface area (Å²) in [6, 6.07) is 5.74. The SMILES string of the molecule is C[n+]1ccn(CCNc2nn3ccccc3c2N=C2C=CC(N)=CC2=O)c1. The Hall–Kier alpha value is -3.68. The van der Waals surface area contributed by atoms with Crippen molar-refractivity contribution in [2.75, 3.05) is 11.9 Å². The third kappa shape index (κ3) is 3.50. The van der Waals surface area contributed by atoms with Crippen molar-refractivity contribution in [3.63, 3.8) is 0 Å². The van der Waals surface area contributed by atoms with Gasteiger partial charge in [0.25, 0.3) is 0 Å². The first kappa shape index (κ1) is 16.8. The summed E-state index contributed by atoms with van der Waals surface area (Å²) in [4.78, 5) is 16.8. The van der Waals surface area contributed by atoms with E-state index >= 15 is 0 Å². The van der Waals surface area contributed by atoms with Crippen LogP contribution in [0.25, 0.3) is 5.52 Å². The van der Waals surface area contributed by atoms with Gasteiger partial charge in [-0.25, -0.2) is 18.6 Å². The first-order valence-corrected chi connectivity index (χ1v) is 8.61. The van der Waals surface area contributed by atoms with Crippen molar-refractivity contribution in [2.24, 2.45) is 17.8 Å². The molecule has 0 radical (unpaired) electrons. The number of pyridine rings is 1. The minimum atomic E-state index is -0.212. The number of anilines is 1. The minimum Gasteiger partial charge on any atom is -0.399 e. The number of aryl methyl sites for hydroxylation is 1. The van der Waals surface area contributed by atoms with Crippen molar-refractivity contribution < 1.29 is 9.36 Å². The fourth-order valence-electron chi connectivity index (χ4n) is 2.90. The molecule has 27 heavy (non-hydrogen) atoms. The van der Waals surface area contributed by atoms with Crippen LogP contribution in [0.5, 0.6) is 0 Å². The number of nitrogens with two attached hydrogens (primary N) is 1. The Bertz CT molecular complexity index is 1100. The number of aliphatic imine (C=N–C) groups is 1. The van der Waals surface area contributed by atoms with Crippen molar-refractivity contribution in [3.8, 4) is 0 Å². The topological polar surface area (TPSA) is 93.6 Å². The fraction of sp³-hybridized carbons (Fsp3) is 0.158. The van der Waals surface area contributed by atoms with Crippen LogP contribution in [0.2, 0.25) is 0 Å². The second-order valence-electron chi connectivity index (χ2n) is 6.31. The monoisotopic (exact) mass is 362 g/mol. The lowest BCUT2D eigenvalue weighted by Crippen LogP contribution is -2.24. The van der Waals surface area contributed by atoms with E-state index < -0.39 is 0 Å². The summed E-state index contributed by atoms with van der Waals surface area (Å²) in [5, 5.41) is 7.89. The van der Waals surface area contributed by atoms with Crippen LogP contribution in [0.4, 0.5) is 11.5 Å². The molecule has 3 aromatic rings. The smallest absolute Gasteiger partial charge is 0.243 e. The van der Waals surface area contributed by atoms with E-state index in [4.69, 9.17) is 5.73 Å². The van der Waals surface area contributed by atoms with Gasteiger partial charge in [-0.3, -0.25) is 4.79 Å². The molecular weight excluding hydrogens is 342 g/mol. The van der Waals surface area contributed by atoms with E-state index in [2.05, 4.69) is 20.0 Å². The Morgan fingerprint density at radius 2 is 2.19 bits per heavy atom. The van der Waals surface area contributed by atoms with E-state index in [1.807, 2.05) is 54.7 Å². The highest BCUT2D eigenvalue weighted by molar-refractivity contribution is 6.49. The molecule has 0 unspecified atom stereocenters. The Labute approximate surface area is 155 Å². The number of allylic oxidation sites excluding steroid dienone is 3. The summed E-state index contributed by atoms with van der Waals surface area (Å²) in [5.41, 5.74) is 7.89. The number of aromatic nitrogens is 4. The van der Waals surface area contributed by atoms with Crippen molar-refractivity contribution in [1.82, 2.24) is 14.2 Å². The summed E-state index contributed by atoms with van der Waals surface area (Å²) < 4.78 is 5.82. The van der Waals surface area contributed by atoms with Gasteiger partial charge < -0.3 is 11.1 Å². The van der Waals surface area contributed by atoms with Crippen LogP contribution in [-0.2, 0) is 18.4 Å². The number of rotatable bonds is 5. The summed E-state index contributed by atoms with van der Waals surface area (Å²) in [5.74, 6) is 0.421. The molecule has 0 amide bonds. The zero-order chi connectivity index (χ0) is 18.8. The first-order valence-electron chi connectivity index (χ1n) is 8.61. The van der Waals surface area contributed by atoms with Crippen molar-refractivity contribution in [3.05, 3.63) is 67.0 Å². The van der Waals surface area contributed by atoms with Gasteiger partial charge in [-0.05, 0) is 24.3 Å². The number of hydrogen-bond acceptors (Lipinski definition) is 5. The Balaban J connectivity index is 1.63. The van der Waals surface area contributed by atoms with Gasteiger partial charge in [0.05, 0.1) is 19.1 Å². The van der Waals surface area contributed by atoms with Gasteiger partial charge in [-0.2, -0.15) is 0 Å². The number of hydrogen-bond donors (Lipinski definition) is 2. The average molecular weight is 362 g/mol. The van der Waals surface area contributed by atoms with Crippen LogP contribution < -0.4 is 15.6 Å². The van der Waals surface area contributed by atoms with Gasteiger partial charge in [0.1, 0.15) is 30.3 Å². The highest BCUT2D eigenvalue weighted by Crippen LogP contribution is 2.30. The predicted molar refractivity (Wildman–Crippen MR) is 103 cm³/mol. The van der Waals surface area contributed by atoms with Crippen LogP contribution >= 0.6 is 0 Å². The highest BCUT2D eigenvalue weighted by Gasteiger charge is 2.16. The van der Waals surface area contributed by atoms with Gasteiger partial charge in [0.2, 0.25) is 12.1 Å². The average Bonchev–Trinajstić information content (AvgIpc) is 3.21. The molecule has 0 aromatic carbocycles.